The average Bonchev–Trinajstić information content (AvgIpc) is 2.53. The summed E-state index contributed by atoms with van der Waals surface area (Å²) in [4.78, 5) is 21.3. The summed E-state index contributed by atoms with van der Waals surface area (Å²) in [7, 11) is 0. The van der Waals surface area contributed by atoms with Crippen molar-refractivity contribution in [3.8, 4) is 0 Å². The minimum atomic E-state index is -4.59. The van der Waals surface area contributed by atoms with Crippen molar-refractivity contribution in [2.24, 2.45) is 0 Å². The molecule has 0 aliphatic carbocycles. The number of aromatic amines is 1. The van der Waals surface area contributed by atoms with Crippen molar-refractivity contribution < 1.29 is 17.6 Å². The smallest absolute Gasteiger partial charge is 0.310 e. The minimum Gasteiger partial charge on any atom is -0.310 e. The first-order valence-electron chi connectivity index (χ1n) is 8.34. The highest BCUT2D eigenvalue weighted by molar-refractivity contribution is 5.28. The lowest BCUT2D eigenvalue weighted by atomic mass is 10.0. The zero-order chi connectivity index (χ0) is 19.1. The Hall–Kier alpha value is -2.22. The summed E-state index contributed by atoms with van der Waals surface area (Å²) in [5.41, 5.74) is 0.330. The van der Waals surface area contributed by atoms with Crippen molar-refractivity contribution in [1.29, 1.82) is 0 Å². The first-order chi connectivity index (χ1) is 12.1. The number of nitrogens with one attached hydrogen (secondary N) is 1. The Morgan fingerprint density at radius 3 is 2.65 bits per heavy atom. The second-order valence-electron chi connectivity index (χ2n) is 6.84. The third kappa shape index (κ3) is 3.95. The monoisotopic (exact) mass is 369 g/mol. The van der Waals surface area contributed by atoms with E-state index in [0.717, 1.165) is 12.1 Å². The van der Waals surface area contributed by atoms with Gasteiger partial charge in [-0.3, -0.25) is 9.69 Å². The Labute approximate surface area is 147 Å². The van der Waals surface area contributed by atoms with E-state index in [2.05, 4.69) is 9.97 Å². The van der Waals surface area contributed by atoms with Gasteiger partial charge < -0.3 is 4.98 Å². The maximum Gasteiger partial charge on any atom is 0.416 e. The van der Waals surface area contributed by atoms with Crippen LogP contribution in [-0.2, 0) is 25.7 Å². The first kappa shape index (κ1) is 18.6. The summed E-state index contributed by atoms with van der Waals surface area (Å²) in [6.07, 6.45) is -4.14. The van der Waals surface area contributed by atoms with Crippen molar-refractivity contribution in [2.45, 2.75) is 45.5 Å². The number of halogens is 4. The van der Waals surface area contributed by atoms with Crippen LogP contribution in [0.1, 0.15) is 48.0 Å². The van der Waals surface area contributed by atoms with Crippen LogP contribution in [0.5, 0.6) is 0 Å². The van der Waals surface area contributed by atoms with E-state index >= 15 is 0 Å². The summed E-state index contributed by atoms with van der Waals surface area (Å²) >= 11 is 0. The molecule has 0 spiro atoms. The maximum absolute atomic E-state index is 13.6. The first-order valence-corrected chi connectivity index (χ1v) is 8.34. The molecule has 2 heterocycles. The van der Waals surface area contributed by atoms with Gasteiger partial charge in [0.15, 0.2) is 0 Å². The van der Waals surface area contributed by atoms with Crippen LogP contribution < -0.4 is 5.56 Å². The van der Waals surface area contributed by atoms with Crippen LogP contribution in [-0.4, -0.2) is 21.4 Å². The summed E-state index contributed by atoms with van der Waals surface area (Å²) in [5.74, 6) is -0.273. The highest BCUT2D eigenvalue weighted by atomic mass is 19.4. The van der Waals surface area contributed by atoms with E-state index in [1.807, 2.05) is 18.7 Å². The molecule has 0 amide bonds. The topological polar surface area (TPSA) is 49.0 Å². The summed E-state index contributed by atoms with van der Waals surface area (Å²) < 4.78 is 52.1. The largest absolute Gasteiger partial charge is 0.416 e. The molecule has 140 valence electrons. The minimum absolute atomic E-state index is 0.0564. The molecule has 0 bridgehead atoms. The highest BCUT2D eigenvalue weighted by Crippen LogP contribution is 2.31. The molecule has 0 radical (unpaired) electrons. The van der Waals surface area contributed by atoms with E-state index in [4.69, 9.17) is 0 Å². The van der Waals surface area contributed by atoms with E-state index < -0.39 is 17.6 Å². The number of hydrogen-bond acceptors (Lipinski definition) is 3. The van der Waals surface area contributed by atoms with Gasteiger partial charge in [-0.25, -0.2) is 9.37 Å². The normalized spacial score (nSPS) is 15.3. The van der Waals surface area contributed by atoms with Crippen LogP contribution in [0.15, 0.2) is 23.0 Å². The molecule has 0 saturated carbocycles. The van der Waals surface area contributed by atoms with Gasteiger partial charge in [0, 0.05) is 31.1 Å². The number of H-pyrrole nitrogens is 1. The van der Waals surface area contributed by atoms with Crippen LogP contribution >= 0.6 is 0 Å². The van der Waals surface area contributed by atoms with Gasteiger partial charge in [-0.15, -0.1) is 0 Å². The molecule has 0 unspecified atom stereocenters. The molecular formula is C18H19F4N3O. The summed E-state index contributed by atoms with van der Waals surface area (Å²) in [6, 6.07) is 2.56. The van der Waals surface area contributed by atoms with Gasteiger partial charge >= 0.3 is 6.18 Å². The number of alkyl halides is 3. The van der Waals surface area contributed by atoms with Crippen molar-refractivity contribution >= 4 is 0 Å². The van der Waals surface area contributed by atoms with E-state index in [1.165, 1.54) is 0 Å². The lowest BCUT2D eigenvalue weighted by Crippen LogP contribution is -2.35. The van der Waals surface area contributed by atoms with Crippen LogP contribution in [0, 0.1) is 5.82 Å². The van der Waals surface area contributed by atoms with E-state index in [1.54, 1.807) is 0 Å². The molecule has 1 aliphatic rings. The van der Waals surface area contributed by atoms with Crippen molar-refractivity contribution in [3.63, 3.8) is 0 Å². The van der Waals surface area contributed by atoms with Crippen molar-refractivity contribution in [2.75, 3.05) is 6.54 Å². The standard InChI is InChI=1S/C18H19F4N3O/c1-10(2)16-23-15-9-25(4-3-14(15)17(26)24-16)8-11-5-12(18(20,21)22)7-13(19)6-11/h5-7,10H,3-4,8-9H2,1-2H3,(H,23,24,26). The number of aromatic nitrogens is 2. The zero-order valence-electron chi connectivity index (χ0n) is 14.5. The fourth-order valence-corrected chi connectivity index (χ4v) is 3.08. The number of hydrogen-bond donors (Lipinski definition) is 1. The van der Waals surface area contributed by atoms with Gasteiger partial charge in [-0.1, -0.05) is 13.8 Å². The quantitative estimate of drug-likeness (QED) is 0.841. The Balaban J connectivity index is 1.84. The molecule has 1 aromatic heterocycles. The van der Waals surface area contributed by atoms with Crippen LogP contribution in [0.3, 0.4) is 0 Å². The number of fused-ring (bicyclic) bond motifs is 1. The fraction of sp³-hybridized carbons (Fsp3) is 0.444. The van der Waals surface area contributed by atoms with E-state index in [9.17, 15) is 22.4 Å². The number of nitrogens with zero attached hydrogens (tertiary/aromatic N) is 2. The van der Waals surface area contributed by atoms with Gasteiger partial charge in [-0.2, -0.15) is 13.2 Å². The SMILES string of the molecule is CC(C)c1nc2c(c(=O)[nH]1)CCN(Cc1cc(F)cc(C(F)(F)F)c1)C2. The Kier molecular flexibility index (Phi) is 4.88. The van der Waals surface area contributed by atoms with Crippen LogP contribution in [0.25, 0.3) is 0 Å². The average molecular weight is 369 g/mol. The summed E-state index contributed by atoms with van der Waals surface area (Å²) in [6.45, 7) is 4.83. The molecular weight excluding hydrogens is 350 g/mol. The molecule has 0 fully saturated rings. The number of benzene rings is 1. The van der Waals surface area contributed by atoms with E-state index in [-0.39, 0.29) is 23.6 Å². The van der Waals surface area contributed by atoms with Gasteiger partial charge in [0.25, 0.3) is 5.56 Å². The molecule has 0 atom stereocenters. The Morgan fingerprint density at radius 1 is 1.27 bits per heavy atom. The van der Waals surface area contributed by atoms with Gasteiger partial charge in [0.1, 0.15) is 11.6 Å². The molecule has 1 aliphatic heterocycles. The molecule has 2 aromatic rings. The summed E-state index contributed by atoms with van der Waals surface area (Å²) in [5, 5.41) is 0. The van der Waals surface area contributed by atoms with E-state index in [0.29, 0.717) is 42.7 Å². The molecule has 26 heavy (non-hydrogen) atoms. The third-order valence-corrected chi connectivity index (χ3v) is 4.41. The highest BCUT2D eigenvalue weighted by Gasteiger charge is 2.31. The lowest BCUT2D eigenvalue weighted by molar-refractivity contribution is -0.137. The van der Waals surface area contributed by atoms with Crippen molar-refractivity contribution in [3.05, 3.63) is 62.6 Å². The predicted octanol–water partition coefficient (Wildman–Crippen LogP) is 3.61. The molecule has 4 nitrogen and oxygen atoms in total. The Morgan fingerprint density at radius 2 is 2.00 bits per heavy atom. The molecule has 1 N–H and O–H groups in total. The predicted molar refractivity (Wildman–Crippen MR) is 88.2 cm³/mol. The second-order valence-corrected chi connectivity index (χ2v) is 6.84. The maximum atomic E-state index is 13.6. The lowest BCUT2D eigenvalue weighted by Gasteiger charge is -2.28. The molecule has 0 saturated heterocycles. The van der Waals surface area contributed by atoms with Crippen LogP contribution in [0.4, 0.5) is 17.6 Å². The third-order valence-electron chi connectivity index (χ3n) is 4.41. The Bertz CT molecular complexity index is 874. The zero-order valence-corrected chi connectivity index (χ0v) is 14.5. The molecule has 8 heteroatoms. The molecule has 3 rings (SSSR count). The van der Waals surface area contributed by atoms with Crippen molar-refractivity contribution in [1.82, 2.24) is 14.9 Å². The fourth-order valence-electron chi connectivity index (χ4n) is 3.08. The van der Waals surface area contributed by atoms with Gasteiger partial charge in [0.05, 0.1) is 11.3 Å². The molecule has 1 aromatic carbocycles. The second kappa shape index (κ2) is 6.83. The van der Waals surface area contributed by atoms with Gasteiger partial charge in [0.2, 0.25) is 0 Å². The van der Waals surface area contributed by atoms with Gasteiger partial charge in [-0.05, 0) is 30.2 Å². The number of rotatable bonds is 3. The van der Waals surface area contributed by atoms with Crippen LogP contribution in [0.2, 0.25) is 0 Å².